The summed E-state index contributed by atoms with van der Waals surface area (Å²) >= 11 is 0. The number of Topliss-reactive ketones (excluding diaryl/α,β-unsaturated/α-hetero) is 1. The number of pyridine rings is 1. The molecule has 0 spiro atoms. The molecule has 0 unspecified atom stereocenters. The Hall–Kier alpha value is -0.0348. The van der Waals surface area contributed by atoms with Crippen LogP contribution < -0.4 is 63.2 Å². The molecular weight excluding hydrogens is 254 g/mol. The third-order valence-corrected chi connectivity index (χ3v) is 1.76. The zero-order valence-corrected chi connectivity index (χ0v) is 12.9. The van der Waals surface area contributed by atoms with Gasteiger partial charge in [-0.2, -0.15) is 0 Å². The van der Waals surface area contributed by atoms with Crippen molar-refractivity contribution in [2.24, 2.45) is 0 Å². The number of hydrogen-bond acceptors (Lipinski definition) is 3. The molecule has 5 heteroatoms. The molecule has 66 valence electrons. The van der Waals surface area contributed by atoms with Gasteiger partial charge in [0.1, 0.15) is 5.75 Å². The van der Waals surface area contributed by atoms with E-state index in [1.54, 1.807) is 6.07 Å². The summed E-state index contributed by atoms with van der Waals surface area (Å²) in [5, 5.41) is 9.79. The molecule has 0 saturated heterocycles. The van der Waals surface area contributed by atoms with Crippen LogP contribution in [0.2, 0.25) is 0 Å². The van der Waals surface area contributed by atoms with Crippen LogP contribution in [0.1, 0.15) is 17.4 Å². The van der Waals surface area contributed by atoms with Crippen molar-refractivity contribution < 1.29 is 68.1 Å². The molecule has 2 aromatic rings. The van der Waals surface area contributed by atoms with Crippen molar-refractivity contribution in [2.75, 3.05) is 0 Å². The summed E-state index contributed by atoms with van der Waals surface area (Å²) in [6.07, 6.45) is 1.30. The van der Waals surface area contributed by atoms with Gasteiger partial charge in [-0.25, -0.2) is 0 Å². The van der Waals surface area contributed by atoms with Crippen LogP contribution in [0.15, 0.2) is 18.3 Å². The molecule has 14 heavy (non-hydrogen) atoms. The first-order valence-corrected chi connectivity index (χ1v) is 3.80. The topological polar surface area (TPSA) is 64.3 Å². The minimum absolute atomic E-state index is 0. The van der Waals surface area contributed by atoms with Gasteiger partial charge >= 0.3 is 58.2 Å². The van der Waals surface area contributed by atoms with Crippen molar-refractivity contribution in [3.63, 3.8) is 0 Å². The fraction of sp³-hybridized carbons (Fsp3) is 0.111. The molecule has 0 fully saturated rings. The number of aromatic nitrogens is 2. The molecule has 0 aromatic carbocycles. The van der Waals surface area contributed by atoms with E-state index >= 15 is 0 Å². The van der Waals surface area contributed by atoms with Gasteiger partial charge in [0.25, 0.3) is 0 Å². The molecule has 4 nitrogen and oxygen atoms in total. The van der Waals surface area contributed by atoms with E-state index in [1.807, 2.05) is 0 Å². The Labute approximate surface area is 130 Å². The molecular formula is C9H7N2O2Rb. The maximum absolute atomic E-state index is 10.9. The maximum atomic E-state index is 10.9. The molecule has 0 saturated carbocycles. The van der Waals surface area contributed by atoms with Crippen LogP contribution in [-0.4, -0.2) is 15.9 Å². The van der Waals surface area contributed by atoms with Gasteiger partial charge in [-0.15, -0.1) is 0 Å². The predicted octanol–water partition coefficient (Wildman–Crippen LogP) is -1.90. The second-order valence-electron chi connectivity index (χ2n) is 2.80. The van der Waals surface area contributed by atoms with E-state index in [1.165, 1.54) is 19.2 Å². The summed E-state index contributed by atoms with van der Waals surface area (Å²) in [6.45, 7) is 1.45. The van der Waals surface area contributed by atoms with E-state index in [-0.39, 0.29) is 69.7 Å². The molecule has 0 aliphatic carbocycles. The first-order valence-electron chi connectivity index (χ1n) is 3.80. The van der Waals surface area contributed by atoms with Crippen LogP contribution in [0.5, 0.6) is 5.75 Å². The van der Waals surface area contributed by atoms with E-state index in [0.717, 1.165) is 0 Å². The fourth-order valence-corrected chi connectivity index (χ4v) is 1.14. The average molecular weight is 261 g/mol. The van der Waals surface area contributed by atoms with E-state index in [9.17, 15) is 4.79 Å². The van der Waals surface area contributed by atoms with Gasteiger partial charge in [-0.1, -0.05) is 5.65 Å². The van der Waals surface area contributed by atoms with E-state index in [0.29, 0.717) is 16.7 Å². The maximum Gasteiger partial charge on any atom is 1.00 e. The molecule has 0 aliphatic heterocycles. The molecule has 0 atom stereocenters. The zero-order chi connectivity index (χ0) is 9.42. The van der Waals surface area contributed by atoms with Gasteiger partial charge in [-0.3, -0.25) is 4.79 Å². The first-order chi connectivity index (χ1) is 6.16. The molecule has 0 radical (unpaired) electrons. The molecule has 0 bridgehead atoms. The third-order valence-electron chi connectivity index (χ3n) is 1.76. The monoisotopic (exact) mass is 260 g/mol. The number of carbonyl (C=O) groups is 1. The number of ketones is 1. The minimum Gasteiger partial charge on any atom is -0.508 e. The van der Waals surface area contributed by atoms with Gasteiger partial charge < -0.3 is 15.1 Å². The summed E-state index contributed by atoms with van der Waals surface area (Å²) in [5.74, 6) is -0.0208. The summed E-state index contributed by atoms with van der Waals surface area (Å²) in [6, 6.07) is 3.14. The fourth-order valence-electron chi connectivity index (χ4n) is 1.14. The Balaban J connectivity index is 0.000000980. The van der Waals surface area contributed by atoms with Crippen LogP contribution in [0.25, 0.3) is 11.0 Å². The van der Waals surface area contributed by atoms with Crippen molar-refractivity contribution in [2.45, 2.75) is 6.92 Å². The van der Waals surface area contributed by atoms with Gasteiger partial charge in [-0.05, 0) is 30.6 Å². The third kappa shape index (κ3) is 2.31. The largest absolute Gasteiger partial charge is 1.00 e. The van der Waals surface area contributed by atoms with Gasteiger partial charge in [0.05, 0.1) is 0 Å². The summed E-state index contributed by atoms with van der Waals surface area (Å²) in [7, 11) is 0. The summed E-state index contributed by atoms with van der Waals surface area (Å²) in [5.41, 5.74) is 0.871. The minimum atomic E-state index is -0.0995. The standard InChI is InChI=1S/C9H8N2O2.Rb/c1-5(12)8-3-6-2-7(13)4-10-9(6)11-8;/h2-4H,1H3,(H2,10,11,12,13);/q;+1/p-1. The number of nitrogens with zero attached hydrogens (tertiary/aromatic N) is 2. The second-order valence-corrected chi connectivity index (χ2v) is 2.80. The zero-order valence-electron chi connectivity index (χ0n) is 7.98. The Morgan fingerprint density at radius 1 is 1.50 bits per heavy atom. The number of hydrogen-bond donors (Lipinski definition) is 1. The van der Waals surface area contributed by atoms with E-state index in [2.05, 4.69) is 9.97 Å². The van der Waals surface area contributed by atoms with Gasteiger partial charge in [0, 0.05) is 5.69 Å². The normalized spacial score (nSPS) is 9.79. The summed E-state index contributed by atoms with van der Waals surface area (Å²) < 4.78 is 0. The second kappa shape index (κ2) is 4.66. The molecule has 2 aromatic heterocycles. The summed E-state index contributed by atoms with van der Waals surface area (Å²) in [4.78, 5) is 18.8. The molecule has 2 rings (SSSR count). The van der Waals surface area contributed by atoms with Crippen LogP contribution >= 0.6 is 0 Å². The SMILES string of the molecule is CC(=O)c1cc2cc(O)cnc2[n-]1.[Rb+]. The van der Waals surface area contributed by atoms with Crippen LogP contribution in [0.4, 0.5) is 0 Å². The van der Waals surface area contributed by atoms with Crippen LogP contribution in [0.3, 0.4) is 0 Å². The van der Waals surface area contributed by atoms with Gasteiger partial charge in [0.15, 0.2) is 5.78 Å². The number of carbonyl (C=O) groups excluding carboxylic acids is 1. The Morgan fingerprint density at radius 2 is 2.21 bits per heavy atom. The van der Waals surface area contributed by atoms with Crippen LogP contribution in [0, 0.1) is 0 Å². The van der Waals surface area contributed by atoms with Crippen molar-refractivity contribution in [3.8, 4) is 5.75 Å². The van der Waals surface area contributed by atoms with Crippen molar-refractivity contribution in [1.82, 2.24) is 9.97 Å². The van der Waals surface area contributed by atoms with Crippen molar-refractivity contribution in [3.05, 3.63) is 24.0 Å². The Kier molecular flexibility index (Phi) is 4.00. The Bertz CT molecular complexity index is 479. The molecule has 0 aliphatic rings. The Morgan fingerprint density at radius 3 is 2.86 bits per heavy atom. The van der Waals surface area contributed by atoms with E-state index in [4.69, 9.17) is 5.11 Å². The number of fused-ring (bicyclic) bond motifs is 1. The number of rotatable bonds is 1. The molecule has 1 N–H and O–H groups in total. The van der Waals surface area contributed by atoms with E-state index < -0.39 is 0 Å². The molecule has 2 heterocycles. The first kappa shape index (κ1) is 12.0. The van der Waals surface area contributed by atoms with Crippen molar-refractivity contribution in [1.29, 1.82) is 0 Å². The number of aromatic hydroxyl groups is 1. The van der Waals surface area contributed by atoms with Gasteiger partial charge in [0.2, 0.25) is 0 Å². The average Bonchev–Trinajstić information content (AvgIpc) is 2.46. The quantitative estimate of drug-likeness (QED) is 0.609. The molecule has 0 amide bonds. The smallest absolute Gasteiger partial charge is 0.508 e. The van der Waals surface area contributed by atoms with Crippen molar-refractivity contribution >= 4 is 16.8 Å². The predicted molar refractivity (Wildman–Crippen MR) is 46.7 cm³/mol. The van der Waals surface area contributed by atoms with Crippen LogP contribution in [-0.2, 0) is 0 Å².